The van der Waals surface area contributed by atoms with Crippen LogP contribution in [0.5, 0.6) is 11.5 Å². The third kappa shape index (κ3) is 6.79. The average molecular weight is 545 g/mol. The average Bonchev–Trinajstić information content (AvgIpc) is 3.39. The van der Waals surface area contributed by atoms with Crippen molar-refractivity contribution in [3.05, 3.63) is 95.2 Å². The molecule has 0 aliphatic rings. The number of halogens is 1. The number of rotatable bonds is 12. The molecular formula is C31H37FN6O2. The highest BCUT2D eigenvalue weighted by Gasteiger charge is 2.26. The summed E-state index contributed by atoms with van der Waals surface area (Å²) in [6.45, 7) is 6.75. The fourth-order valence-corrected chi connectivity index (χ4v) is 4.47. The molecule has 1 aromatic heterocycles. The first-order chi connectivity index (χ1) is 19.2. The molecule has 0 fully saturated rings. The smallest absolute Gasteiger partial charge is 0.171 e. The van der Waals surface area contributed by atoms with E-state index in [-0.39, 0.29) is 17.7 Å². The van der Waals surface area contributed by atoms with Crippen LogP contribution in [-0.2, 0) is 6.54 Å². The Hall–Kier alpha value is -4.37. The van der Waals surface area contributed by atoms with E-state index in [9.17, 15) is 0 Å². The van der Waals surface area contributed by atoms with E-state index in [0.717, 1.165) is 23.4 Å². The van der Waals surface area contributed by atoms with E-state index >= 15 is 4.39 Å². The van der Waals surface area contributed by atoms with E-state index in [2.05, 4.69) is 21.3 Å². The minimum absolute atomic E-state index is 0.0268. The summed E-state index contributed by atoms with van der Waals surface area (Å²) >= 11 is 0. The quantitative estimate of drug-likeness (QED) is 0.130. The van der Waals surface area contributed by atoms with Crippen LogP contribution in [0.25, 0.3) is 11.3 Å². The first-order valence-corrected chi connectivity index (χ1v) is 13.3. The number of amidine groups is 1. The second-order valence-electron chi connectivity index (χ2n) is 10.1. The monoisotopic (exact) mass is 544 g/mol. The molecule has 0 bridgehead atoms. The van der Waals surface area contributed by atoms with Gasteiger partial charge < -0.3 is 30.4 Å². The molecule has 1 atom stereocenters. The van der Waals surface area contributed by atoms with Crippen LogP contribution in [0, 0.1) is 11.2 Å². The molecule has 0 radical (unpaired) electrons. The van der Waals surface area contributed by atoms with Gasteiger partial charge in [-0.1, -0.05) is 24.3 Å². The number of nitrogens with zero attached hydrogens (tertiary/aromatic N) is 2. The summed E-state index contributed by atoms with van der Waals surface area (Å²) in [4.78, 5) is 10.3. The highest BCUT2D eigenvalue weighted by molar-refractivity contribution is 5.95. The van der Waals surface area contributed by atoms with Gasteiger partial charge in [-0.15, -0.1) is 0 Å². The Morgan fingerprint density at radius 1 is 1.12 bits per heavy atom. The topological polar surface area (TPSA) is 112 Å². The maximum absolute atomic E-state index is 16.1. The summed E-state index contributed by atoms with van der Waals surface area (Å²) in [7, 11) is 4.05. The maximum Gasteiger partial charge on any atom is 0.171 e. The van der Waals surface area contributed by atoms with Gasteiger partial charge >= 0.3 is 0 Å². The van der Waals surface area contributed by atoms with E-state index in [0.29, 0.717) is 35.0 Å². The first kappa shape index (κ1) is 28.6. The molecule has 3 aromatic carbocycles. The number of nitrogens with one attached hydrogen (secondary N) is 3. The predicted octanol–water partition coefficient (Wildman–Crippen LogP) is 5.95. The molecule has 0 amide bonds. The summed E-state index contributed by atoms with van der Waals surface area (Å²) in [5.74, 6) is 0.601. The zero-order chi connectivity index (χ0) is 28.8. The molecule has 210 valence electrons. The maximum atomic E-state index is 16.1. The second kappa shape index (κ2) is 12.7. The highest BCUT2D eigenvalue weighted by atomic mass is 19.1. The summed E-state index contributed by atoms with van der Waals surface area (Å²) in [5, 5.41) is 11.1. The fraction of sp³-hybridized carbons (Fsp3) is 0.290. The van der Waals surface area contributed by atoms with Gasteiger partial charge in [-0.3, -0.25) is 5.41 Å². The molecule has 1 heterocycles. The van der Waals surface area contributed by atoms with Crippen LogP contribution in [0.4, 0.5) is 10.1 Å². The molecule has 1 unspecified atom stereocenters. The van der Waals surface area contributed by atoms with Gasteiger partial charge in [0.25, 0.3) is 0 Å². The number of aromatic nitrogens is 2. The Balaban J connectivity index is 1.83. The molecule has 9 heteroatoms. The molecule has 8 nitrogen and oxygen atoms in total. The SMILES string of the molecule is CCOc1cc(OC(C)C)c(F)c(C(Nc2ccc(C(=N)N)cc2)c2nc(-c3ccccc3CN(C)C)c[nH]2)c1. The summed E-state index contributed by atoms with van der Waals surface area (Å²) < 4.78 is 27.7. The van der Waals surface area contributed by atoms with E-state index in [1.807, 2.05) is 59.3 Å². The summed E-state index contributed by atoms with van der Waals surface area (Å²) in [6, 6.07) is 17.7. The molecule has 0 aliphatic heterocycles. The van der Waals surface area contributed by atoms with Crippen LogP contribution in [-0.4, -0.2) is 47.5 Å². The van der Waals surface area contributed by atoms with Crippen LogP contribution in [0.2, 0.25) is 0 Å². The molecule has 0 saturated carbocycles. The molecule has 0 aliphatic carbocycles. The van der Waals surface area contributed by atoms with Crippen molar-refractivity contribution in [2.75, 3.05) is 26.0 Å². The van der Waals surface area contributed by atoms with Crippen molar-refractivity contribution in [1.82, 2.24) is 14.9 Å². The third-order valence-electron chi connectivity index (χ3n) is 6.18. The second-order valence-corrected chi connectivity index (χ2v) is 10.1. The number of nitrogens with two attached hydrogens (primary N) is 1. The highest BCUT2D eigenvalue weighted by Crippen LogP contribution is 2.36. The van der Waals surface area contributed by atoms with Crippen LogP contribution >= 0.6 is 0 Å². The number of anilines is 1. The molecule has 5 N–H and O–H groups in total. The van der Waals surface area contributed by atoms with E-state index in [1.165, 1.54) is 0 Å². The summed E-state index contributed by atoms with van der Waals surface area (Å²) in [6.07, 6.45) is 1.61. The summed E-state index contributed by atoms with van der Waals surface area (Å²) in [5.41, 5.74) is 10.1. The zero-order valence-corrected chi connectivity index (χ0v) is 23.6. The molecule has 40 heavy (non-hydrogen) atoms. The van der Waals surface area contributed by atoms with Gasteiger partial charge in [-0.05, 0) is 70.8 Å². The molecule has 4 aromatic rings. The predicted molar refractivity (Wildman–Crippen MR) is 158 cm³/mol. The third-order valence-corrected chi connectivity index (χ3v) is 6.18. The van der Waals surface area contributed by atoms with Gasteiger partial charge in [0, 0.05) is 41.2 Å². The van der Waals surface area contributed by atoms with Crippen molar-refractivity contribution in [3.8, 4) is 22.8 Å². The Bertz CT molecular complexity index is 1450. The lowest BCUT2D eigenvalue weighted by molar-refractivity contribution is 0.228. The Labute approximate surface area is 234 Å². The van der Waals surface area contributed by atoms with E-state index in [4.69, 9.17) is 25.6 Å². The van der Waals surface area contributed by atoms with Gasteiger partial charge in [0.2, 0.25) is 0 Å². The van der Waals surface area contributed by atoms with Crippen LogP contribution in [0.1, 0.15) is 49.3 Å². The Morgan fingerprint density at radius 3 is 2.50 bits per heavy atom. The van der Waals surface area contributed by atoms with E-state index in [1.54, 1.807) is 36.4 Å². The van der Waals surface area contributed by atoms with Crippen molar-refractivity contribution in [2.45, 2.75) is 39.5 Å². The van der Waals surface area contributed by atoms with E-state index < -0.39 is 11.9 Å². The molecule has 0 spiro atoms. The number of hydrogen-bond acceptors (Lipinski definition) is 6. The van der Waals surface area contributed by atoms with Gasteiger partial charge in [0.05, 0.1) is 18.4 Å². The van der Waals surface area contributed by atoms with Crippen molar-refractivity contribution in [3.63, 3.8) is 0 Å². The van der Waals surface area contributed by atoms with Gasteiger partial charge in [0.15, 0.2) is 11.6 Å². The first-order valence-electron chi connectivity index (χ1n) is 13.3. The van der Waals surface area contributed by atoms with Gasteiger partial charge in [-0.2, -0.15) is 0 Å². The molecule has 0 saturated heterocycles. The van der Waals surface area contributed by atoms with Crippen LogP contribution < -0.4 is 20.5 Å². The van der Waals surface area contributed by atoms with Crippen molar-refractivity contribution < 1.29 is 13.9 Å². The van der Waals surface area contributed by atoms with Crippen molar-refractivity contribution in [2.24, 2.45) is 5.73 Å². The lowest BCUT2D eigenvalue weighted by Gasteiger charge is -2.22. The fourth-order valence-electron chi connectivity index (χ4n) is 4.47. The van der Waals surface area contributed by atoms with Gasteiger partial charge in [0.1, 0.15) is 23.5 Å². The zero-order valence-electron chi connectivity index (χ0n) is 23.6. The number of nitrogen functional groups attached to an aromatic ring is 1. The van der Waals surface area contributed by atoms with Crippen molar-refractivity contribution in [1.29, 1.82) is 5.41 Å². The lowest BCUT2D eigenvalue weighted by atomic mass is 10.0. The number of imidazole rings is 1. The minimum Gasteiger partial charge on any atom is -0.494 e. The van der Waals surface area contributed by atoms with Crippen molar-refractivity contribution >= 4 is 11.5 Å². The van der Waals surface area contributed by atoms with Crippen LogP contribution in [0.3, 0.4) is 0 Å². The lowest BCUT2D eigenvalue weighted by Crippen LogP contribution is -2.18. The van der Waals surface area contributed by atoms with Gasteiger partial charge in [-0.25, -0.2) is 9.37 Å². The minimum atomic E-state index is -0.715. The molecular weight excluding hydrogens is 507 g/mol. The number of hydrogen-bond donors (Lipinski definition) is 4. The Morgan fingerprint density at radius 2 is 1.85 bits per heavy atom. The standard InChI is InChI=1S/C31H37FN6O2/c1-6-39-23-15-25(28(32)27(16-23)40-19(2)3)29(36-22-13-11-20(12-14-22)30(33)34)31-35-17-26(37-31)24-10-8-7-9-21(24)18-38(4)5/h7-17,19,29,36H,6,18H2,1-5H3,(H3,33,34)(H,35,37). The Kier molecular flexibility index (Phi) is 9.06. The normalized spacial score (nSPS) is 12.0. The number of aromatic amines is 1. The van der Waals surface area contributed by atoms with Crippen LogP contribution in [0.15, 0.2) is 66.9 Å². The number of ether oxygens (including phenoxy) is 2. The molecule has 4 rings (SSSR count). The number of H-pyrrole nitrogens is 1. The largest absolute Gasteiger partial charge is 0.494 e. The number of benzene rings is 3.